The van der Waals surface area contributed by atoms with Gasteiger partial charge in [-0.1, -0.05) is 18.2 Å². The number of rotatable bonds is 4. The van der Waals surface area contributed by atoms with Crippen molar-refractivity contribution in [3.63, 3.8) is 0 Å². The number of nitrogens with two attached hydrogens (primary N) is 1. The summed E-state index contributed by atoms with van der Waals surface area (Å²) in [6.45, 7) is 4.78. The van der Waals surface area contributed by atoms with Crippen LogP contribution < -0.4 is 10.6 Å². The van der Waals surface area contributed by atoms with Gasteiger partial charge in [0.2, 0.25) is 5.91 Å². The smallest absolute Gasteiger partial charge is 0.248 e. The van der Waals surface area contributed by atoms with Crippen LogP contribution in [0.3, 0.4) is 0 Å². The van der Waals surface area contributed by atoms with Gasteiger partial charge in [-0.15, -0.1) is 0 Å². The first kappa shape index (κ1) is 13.1. The molecule has 19 heavy (non-hydrogen) atoms. The SMILES string of the molecule is CCN(C(=O)Cn1ccc(N)n1)c1ccccc1C. The number of carbonyl (C=O) groups excluding carboxylic acids is 1. The molecule has 1 aromatic carbocycles. The minimum absolute atomic E-state index is 0.0000926. The predicted octanol–water partition coefficient (Wildman–Crippen LogP) is 1.83. The Hall–Kier alpha value is -2.30. The maximum Gasteiger partial charge on any atom is 0.248 e. The Bertz CT molecular complexity index is 576. The number of nitrogens with zero attached hydrogens (tertiary/aromatic N) is 3. The molecule has 0 atom stereocenters. The lowest BCUT2D eigenvalue weighted by molar-refractivity contribution is -0.119. The van der Waals surface area contributed by atoms with Crippen molar-refractivity contribution in [1.29, 1.82) is 0 Å². The first-order chi connectivity index (χ1) is 9.11. The second-order valence-electron chi connectivity index (χ2n) is 4.36. The maximum atomic E-state index is 12.3. The standard InChI is InChI=1S/C14H18N4O/c1-3-18(12-7-5-4-6-11(12)2)14(19)10-17-9-8-13(15)16-17/h4-9H,3,10H2,1-2H3,(H2,15,16). The number of hydrogen-bond acceptors (Lipinski definition) is 3. The van der Waals surface area contributed by atoms with Crippen molar-refractivity contribution >= 4 is 17.4 Å². The highest BCUT2D eigenvalue weighted by Crippen LogP contribution is 2.19. The zero-order chi connectivity index (χ0) is 13.8. The van der Waals surface area contributed by atoms with Crippen LogP contribution in [0.15, 0.2) is 36.5 Å². The summed E-state index contributed by atoms with van der Waals surface area (Å²) in [4.78, 5) is 14.1. The van der Waals surface area contributed by atoms with Gasteiger partial charge in [-0.2, -0.15) is 5.10 Å². The number of anilines is 2. The summed E-state index contributed by atoms with van der Waals surface area (Å²) in [6.07, 6.45) is 1.71. The quantitative estimate of drug-likeness (QED) is 0.910. The summed E-state index contributed by atoms with van der Waals surface area (Å²) >= 11 is 0. The molecule has 0 aliphatic carbocycles. The first-order valence-electron chi connectivity index (χ1n) is 6.26. The van der Waals surface area contributed by atoms with Crippen LogP contribution in [0.5, 0.6) is 0 Å². The molecular weight excluding hydrogens is 240 g/mol. The number of benzene rings is 1. The highest BCUT2D eigenvalue weighted by atomic mass is 16.2. The number of hydrogen-bond donors (Lipinski definition) is 1. The summed E-state index contributed by atoms with van der Waals surface area (Å²) in [6, 6.07) is 9.53. The molecule has 5 heteroatoms. The van der Waals surface area contributed by atoms with Crippen LogP contribution in [0.25, 0.3) is 0 Å². The highest BCUT2D eigenvalue weighted by Gasteiger charge is 2.16. The fourth-order valence-corrected chi connectivity index (χ4v) is 2.04. The number of amides is 1. The lowest BCUT2D eigenvalue weighted by Gasteiger charge is -2.22. The van der Waals surface area contributed by atoms with E-state index in [4.69, 9.17) is 5.73 Å². The maximum absolute atomic E-state index is 12.3. The Morgan fingerprint density at radius 2 is 2.11 bits per heavy atom. The summed E-state index contributed by atoms with van der Waals surface area (Å²) in [7, 11) is 0. The van der Waals surface area contributed by atoms with Gasteiger partial charge in [0, 0.05) is 18.4 Å². The zero-order valence-corrected chi connectivity index (χ0v) is 11.2. The Morgan fingerprint density at radius 1 is 1.37 bits per heavy atom. The topological polar surface area (TPSA) is 64.2 Å². The number of likely N-dealkylation sites (N-methyl/N-ethyl adjacent to an activating group) is 1. The molecule has 0 fully saturated rings. The van der Waals surface area contributed by atoms with E-state index in [0.717, 1.165) is 11.3 Å². The van der Waals surface area contributed by atoms with Crippen LogP contribution in [0.1, 0.15) is 12.5 Å². The molecule has 1 aromatic heterocycles. The average molecular weight is 258 g/mol. The van der Waals surface area contributed by atoms with E-state index >= 15 is 0 Å². The summed E-state index contributed by atoms with van der Waals surface area (Å²) < 4.78 is 1.55. The van der Waals surface area contributed by atoms with Crippen LogP contribution in [0.4, 0.5) is 11.5 Å². The molecule has 1 amide bonds. The molecule has 100 valence electrons. The molecule has 5 nitrogen and oxygen atoms in total. The third-order valence-electron chi connectivity index (χ3n) is 2.98. The van der Waals surface area contributed by atoms with Gasteiger partial charge in [0.25, 0.3) is 0 Å². The normalized spacial score (nSPS) is 10.4. The lowest BCUT2D eigenvalue weighted by Crippen LogP contribution is -2.34. The van der Waals surface area contributed by atoms with Crippen molar-refractivity contribution in [2.45, 2.75) is 20.4 Å². The average Bonchev–Trinajstić information content (AvgIpc) is 2.78. The van der Waals surface area contributed by atoms with Gasteiger partial charge >= 0.3 is 0 Å². The van der Waals surface area contributed by atoms with Crippen molar-refractivity contribution < 1.29 is 4.79 Å². The van der Waals surface area contributed by atoms with E-state index in [-0.39, 0.29) is 12.5 Å². The number of carbonyl (C=O) groups is 1. The number of aryl methyl sites for hydroxylation is 1. The van der Waals surface area contributed by atoms with Gasteiger partial charge < -0.3 is 10.6 Å². The number of nitrogen functional groups attached to an aromatic ring is 1. The number of aromatic nitrogens is 2. The first-order valence-corrected chi connectivity index (χ1v) is 6.26. The van der Waals surface area contributed by atoms with Gasteiger partial charge in [0.05, 0.1) is 0 Å². The second-order valence-corrected chi connectivity index (χ2v) is 4.36. The van der Waals surface area contributed by atoms with E-state index in [1.165, 1.54) is 0 Å². The Labute approximate surface area is 112 Å². The van der Waals surface area contributed by atoms with E-state index < -0.39 is 0 Å². The van der Waals surface area contributed by atoms with Gasteiger partial charge in [-0.3, -0.25) is 9.48 Å². The molecule has 0 saturated heterocycles. The molecule has 2 rings (SSSR count). The van der Waals surface area contributed by atoms with E-state index in [9.17, 15) is 4.79 Å². The summed E-state index contributed by atoms with van der Waals surface area (Å²) in [5.41, 5.74) is 7.56. The lowest BCUT2D eigenvalue weighted by atomic mass is 10.2. The third-order valence-corrected chi connectivity index (χ3v) is 2.98. The summed E-state index contributed by atoms with van der Waals surface area (Å²) in [5.74, 6) is 0.423. The van der Waals surface area contributed by atoms with E-state index in [0.29, 0.717) is 12.4 Å². The number of para-hydroxylation sites is 1. The van der Waals surface area contributed by atoms with E-state index in [1.807, 2.05) is 38.1 Å². The van der Waals surface area contributed by atoms with Crippen molar-refractivity contribution in [1.82, 2.24) is 9.78 Å². The molecule has 0 bridgehead atoms. The Balaban J connectivity index is 2.18. The Kier molecular flexibility index (Phi) is 3.85. The Morgan fingerprint density at radius 3 is 2.68 bits per heavy atom. The molecule has 0 aliphatic rings. The van der Waals surface area contributed by atoms with Crippen LogP contribution in [0, 0.1) is 6.92 Å². The van der Waals surface area contributed by atoms with Crippen molar-refractivity contribution in [2.75, 3.05) is 17.2 Å². The summed E-state index contributed by atoms with van der Waals surface area (Å²) in [5, 5.41) is 4.03. The molecular formula is C14H18N4O. The van der Waals surface area contributed by atoms with Crippen LogP contribution in [0.2, 0.25) is 0 Å². The molecule has 0 spiro atoms. The fourth-order valence-electron chi connectivity index (χ4n) is 2.04. The highest BCUT2D eigenvalue weighted by molar-refractivity contribution is 5.93. The van der Waals surface area contributed by atoms with Gasteiger partial charge in [0.1, 0.15) is 12.4 Å². The largest absolute Gasteiger partial charge is 0.382 e. The minimum Gasteiger partial charge on any atom is -0.382 e. The van der Waals surface area contributed by atoms with Gasteiger partial charge in [-0.25, -0.2) is 0 Å². The molecule has 0 saturated carbocycles. The van der Waals surface area contributed by atoms with E-state index in [2.05, 4.69) is 5.10 Å². The molecule has 2 aromatic rings. The monoisotopic (exact) mass is 258 g/mol. The van der Waals surface area contributed by atoms with Crippen molar-refractivity contribution in [2.24, 2.45) is 0 Å². The second kappa shape index (κ2) is 5.56. The van der Waals surface area contributed by atoms with E-state index in [1.54, 1.807) is 21.8 Å². The molecule has 0 radical (unpaired) electrons. The van der Waals surface area contributed by atoms with Gasteiger partial charge in [-0.05, 0) is 31.5 Å². The van der Waals surface area contributed by atoms with Crippen LogP contribution in [-0.4, -0.2) is 22.2 Å². The van der Waals surface area contributed by atoms with Gasteiger partial charge in [0.15, 0.2) is 0 Å². The molecule has 1 heterocycles. The van der Waals surface area contributed by atoms with Crippen molar-refractivity contribution in [3.05, 3.63) is 42.1 Å². The van der Waals surface area contributed by atoms with Crippen LogP contribution >= 0.6 is 0 Å². The van der Waals surface area contributed by atoms with Crippen molar-refractivity contribution in [3.8, 4) is 0 Å². The molecule has 0 aliphatic heterocycles. The minimum atomic E-state index is -0.0000926. The third kappa shape index (κ3) is 2.93. The molecule has 2 N–H and O–H groups in total. The molecule has 0 unspecified atom stereocenters. The zero-order valence-electron chi connectivity index (χ0n) is 11.2. The predicted molar refractivity (Wildman–Crippen MR) is 75.8 cm³/mol. The fraction of sp³-hybridized carbons (Fsp3) is 0.286. The van der Waals surface area contributed by atoms with Crippen LogP contribution in [-0.2, 0) is 11.3 Å².